The SMILES string of the molecule is Cc1nc(NC(=O)CCl)c(Cl)cc1Cl. The zero-order chi connectivity index (χ0) is 10.7. The Morgan fingerprint density at radius 1 is 1.50 bits per heavy atom. The van der Waals surface area contributed by atoms with E-state index in [1.54, 1.807) is 6.92 Å². The number of carbonyl (C=O) groups is 1. The molecule has 1 rings (SSSR count). The molecule has 0 aliphatic heterocycles. The Morgan fingerprint density at radius 3 is 2.71 bits per heavy atom. The van der Waals surface area contributed by atoms with Gasteiger partial charge in [-0.25, -0.2) is 4.98 Å². The molecule has 0 radical (unpaired) electrons. The van der Waals surface area contributed by atoms with Gasteiger partial charge in [0, 0.05) is 0 Å². The molecule has 0 bridgehead atoms. The van der Waals surface area contributed by atoms with E-state index in [4.69, 9.17) is 34.8 Å². The number of anilines is 1. The third-order valence-corrected chi connectivity index (χ3v) is 2.40. The fourth-order valence-corrected chi connectivity index (χ4v) is 1.28. The molecule has 1 amide bonds. The summed E-state index contributed by atoms with van der Waals surface area (Å²) >= 11 is 16.9. The first-order chi connectivity index (χ1) is 6.54. The Labute approximate surface area is 96.4 Å². The Kier molecular flexibility index (Phi) is 3.98. The average molecular weight is 254 g/mol. The van der Waals surface area contributed by atoms with Crippen LogP contribution in [0.4, 0.5) is 5.82 Å². The molecule has 14 heavy (non-hydrogen) atoms. The predicted molar refractivity (Wildman–Crippen MR) is 58.3 cm³/mol. The van der Waals surface area contributed by atoms with Gasteiger partial charge in [0.25, 0.3) is 0 Å². The van der Waals surface area contributed by atoms with Crippen molar-refractivity contribution >= 4 is 46.5 Å². The molecule has 0 aliphatic rings. The maximum atomic E-state index is 11.0. The number of halogens is 3. The highest BCUT2D eigenvalue weighted by Gasteiger charge is 2.08. The molecule has 0 atom stereocenters. The minimum absolute atomic E-state index is 0.139. The Hall–Kier alpha value is -0.510. The lowest BCUT2D eigenvalue weighted by Crippen LogP contribution is -2.14. The molecular weight excluding hydrogens is 246 g/mol. The zero-order valence-corrected chi connectivity index (χ0v) is 9.54. The summed E-state index contributed by atoms with van der Waals surface area (Å²) in [5.74, 6) is -0.221. The molecule has 0 aromatic carbocycles. The van der Waals surface area contributed by atoms with Crippen molar-refractivity contribution in [2.75, 3.05) is 11.2 Å². The first-order valence-corrected chi connectivity index (χ1v) is 5.02. The van der Waals surface area contributed by atoms with Gasteiger partial charge in [-0.3, -0.25) is 4.79 Å². The number of rotatable bonds is 2. The van der Waals surface area contributed by atoms with Crippen LogP contribution >= 0.6 is 34.8 Å². The second-order valence-electron chi connectivity index (χ2n) is 2.57. The van der Waals surface area contributed by atoms with Crippen molar-refractivity contribution in [2.24, 2.45) is 0 Å². The van der Waals surface area contributed by atoms with Crippen molar-refractivity contribution in [3.05, 3.63) is 21.8 Å². The van der Waals surface area contributed by atoms with E-state index in [1.165, 1.54) is 6.07 Å². The largest absolute Gasteiger partial charge is 0.308 e. The minimum atomic E-state index is -0.359. The van der Waals surface area contributed by atoms with Crippen LogP contribution in [0.1, 0.15) is 5.69 Å². The molecule has 0 unspecified atom stereocenters. The molecule has 1 N–H and O–H groups in total. The van der Waals surface area contributed by atoms with Crippen LogP contribution in [0.5, 0.6) is 0 Å². The minimum Gasteiger partial charge on any atom is -0.308 e. The fraction of sp³-hybridized carbons (Fsp3) is 0.250. The quantitative estimate of drug-likeness (QED) is 0.824. The predicted octanol–water partition coefficient (Wildman–Crippen LogP) is 2.87. The molecule has 76 valence electrons. The smallest absolute Gasteiger partial charge is 0.240 e. The van der Waals surface area contributed by atoms with Crippen LogP contribution in [0.25, 0.3) is 0 Å². The number of hydrogen-bond donors (Lipinski definition) is 1. The van der Waals surface area contributed by atoms with Crippen molar-refractivity contribution in [1.82, 2.24) is 4.98 Å². The highest BCUT2D eigenvalue weighted by Crippen LogP contribution is 2.25. The topological polar surface area (TPSA) is 42.0 Å². The van der Waals surface area contributed by atoms with E-state index >= 15 is 0 Å². The van der Waals surface area contributed by atoms with Crippen molar-refractivity contribution in [3.8, 4) is 0 Å². The second-order valence-corrected chi connectivity index (χ2v) is 3.65. The molecule has 1 aromatic rings. The zero-order valence-electron chi connectivity index (χ0n) is 7.27. The summed E-state index contributed by atoms with van der Waals surface area (Å²) in [5, 5.41) is 3.20. The third kappa shape index (κ3) is 2.74. The fourth-order valence-electron chi connectivity index (χ4n) is 0.812. The third-order valence-electron chi connectivity index (χ3n) is 1.48. The van der Waals surface area contributed by atoms with Gasteiger partial charge in [-0.05, 0) is 13.0 Å². The van der Waals surface area contributed by atoms with Crippen LogP contribution < -0.4 is 5.32 Å². The monoisotopic (exact) mass is 252 g/mol. The molecular formula is C8H7Cl3N2O. The lowest BCUT2D eigenvalue weighted by Gasteiger charge is -2.06. The molecule has 0 saturated heterocycles. The molecule has 6 heteroatoms. The van der Waals surface area contributed by atoms with Gasteiger partial charge in [-0.1, -0.05) is 23.2 Å². The van der Waals surface area contributed by atoms with Gasteiger partial charge in [0.1, 0.15) is 5.88 Å². The summed E-state index contributed by atoms with van der Waals surface area (Å²) < 4.78 is 0. The standard InChI is InChI=1S/C8H7Cl3N2O/c1-4-5(10)2-6(11)8(12-4)13-7(14)3-9/h2H,3H2,1H3,(H,12,13,14). The highest BCUT2D eigenvalue weighted by molar-refractivity contribution is 6.37. The van der Waals surface area contributed by atoms with Crippen molar-refractivity contribution in [1.29, 1.82) is 0 Å². The Balaban J connectivity index is 2.98. The summed E-state index contributed by atoms with van der Waals surface area (Å²) in [6.07, 6.45) is 0. The van der Waals surface area contributed by atoms with E-state index in [9.17, 15) is 4.79 Å². The lowest BCUT2D eigenvalue weighted by molar-refractivity contribution is -0.113. The molecule has 0 saturated carbocycles. The van der Waals surface area contributed by atoms with E-state index in [0.717, 1.165) is 0 Å². The first kappa shape index (κ1) is 11.6. The number of alkyl halides is 1. The second kappa shape index (κ2) is 4.82. The van der Waals surface area contributed by atoms with Crippen LogP contribution in [-0.4, -0.2) is 16.8 Å². The van der Waals surface area contributed by atoms with Gasteiger partial charge in [-0.15, -0.1) is 11.6 Å². The molecule has 0 aliphatic carbocycles. The van der Waals surface area contributed by atoms with Crippen molar-refractivity contribution < 1.29 is 4.79 Å². The van der Waals surface area contributed by atoms with Crippen LogP contribution in [0.15, 0.2) is 6.07 Å². The van der Waals surface area contributed by atoms with Gasteiger partial charge >= 0.3 is 0 Å². The van der Waals surface area contributed by atoms with Crippen LogP contribution in [0.3, 0.4) is 0 Å². The summed E-state index contributed by atoms with van der Waals surface area (Å²) in [6, 6.07) is 1.52. The van der Waals surface area contributed by atoms with Gasteiger partial charge in [0.15, 0.2) is 5.82 Å². The Morgan fingerprint density at radius 2 is 2.14 bits per heavy atom. The van der Waals surface area contributed by atoms with E-state index in [-0.39, 0.29) is 17.6 Å². The summed E-state index contributed by atoms with van der Waals surface area (Å²) in [7, 11) is 0. The van der Waals surface area contributed by atoms with E-state index in [1.807, 2.05) is 0 Å². The van der Waals surface area contributed by atoms with Crippen LogP contribution in [0.2, 0.25) is 10.0 Å². The molecule has 1 aromatic heterocycles. The van der Waals surface area contributed by atoms with Crippen LogP contribution in [0, 0.1) is 6.92 Å². The number of nitrogens with zero attached hydrogens (tertiary/aromatic N) is 1. The summed E-state index contributed by atoms with van der Waals surface area (Å²) in [5.41, 5.74) is 0.598. The van der Waals surface area contributed by atoms with Gasteiger partial charge in [0.05, 0.1) is 15.7 Å². The number of aryl methyl sites for hydroxylation is 1. The molecule has 3 nitrogen and oxygen atoms in total. The normalized spacial score (nSPS) is 10.0. The maximum absolute atomic E-state index is 11.0. The number of aromatic nitrogens is 1. The van der Waals surface area contributed by atoms with E-state index in [2.05, 4.69) is 10.3 Å². The number of nitrogens with one attached hydrogen (secondary N) is 1. The van der Waals surface area contributed by atoms with Gasteiger partial charge < -0.3 is 5.32 Å². The number of pyridine rings is 1. The highest BCUT2D eigenvalue weighted by atomic mass is 35.5. The summed E-state index contributed by atoms with van der Waals surface area (Å²) in [4.78, 5) is 15.0. The lowest BCUT2D eigenvalue weighted by atomic mass is 10.3. The van der Waals surface area contributed by atoms with Crippen molar-refractivity contribution in [3.63, 3.8) is 0 Å². The maximum Gasteiger partial charge on any atom is 0.240 e. The number of amides is 1. The number of carbonyl (C=O) groups excluding carboxylic acids is 1. The Bertz CT molecular complexity index is 368. The van der Waals surface area contributed by atoms with Gasteiger partial charge in [0.2, 0.25) is 5.91 Å². The van der Waals surface area contributed by atoms with E-state index < -0.39 is 0 Å². The summed E-state index contributed by atoms with van der Waals surface area (Å²) in [6.45, 7) is 1.72. The molecule has 1 heterocycles. The van der Waals surface area contributed by atoms with Crippen molar-refractivity contribution in [2.45, 2.75) is 6.92 Å². The van der Waals surface area contributed by atoms with E-state index in [0.29, 0.717) is 15.7 Å². The first-order valence-electron chi connectivity index (χ1n) is 3.73. The van der Waals surface area contributed by atoms with Gasteiger partial charge in [-0.2, -0.15) is 0 Å². The molecule has 0 fully saturated rings. The average Bonchev–Trinajstić information content (AvgIpc) is 2.14. The van der Waals surface area contributed by atoms with Crippen LogP contribution in [-0.2, 0) is 4.79 Å². The number of hydrogen-bond acceptors (Lipinski definition) is 2. The molecule has 0 spiro atoms.